The van der Waals surface area contributed by atoms with E-state index in [0.717, 1.165) is 49.1 Å². The molecule has 0 unspecified atom stereocenters. The number of fused-ring (bicyclic) bond motifs is 10. The van der Waals surface area contributed by atoms with Gasteiger partial charge in [0.15, 0.2) is 0 Å². The van der Waals surface area contributed by atoms with Crippen LogP contribution >= 0.6 is 11.3 Å². The van der Waals surface area contributed by atoms with Crippen LogP contribution < -0.4 is 0 Å². The quantitative estimate of drug-likeness (QED) is 0.205. The van der Waals surface area contributed by atoms with Crippen molar-refractivity contribution in [1.82, 2.24) is 24.1 Å². The van der Waals surface area contributed by atoms with Crippen LogP contribution in [0.5, 0.6) is 0 Å². The second kappa shape index (κ2) is 9.32. The van der Waals surface area contributed by atoms with Crippen molar-refractivity contribution in [3.05, 3.63) is 140 Å². The first-order valence-corrected chi connectivity index (χ1v) is 15.8. The molecule has 0 aliphatic carbocycles. The fraction of sp³-hybridized carbons (Fsp3) is 0. The van der Waals surface area contributed by atoms with Crippen molar-refractivity contribution in [2.75, 3.05) is 0 Å². The highest BCUT2D eigenvalue weighted by Crippen LogP contribution is 2.43. The average molecular weight is 594 g/mol. The highest BCUT2D eigenvalue weighted by atomic mass is 32.1. The Bertz CT molecular complexity index is 2760. The molecule has 0 bridgehead atoms. The van der Waals surface area contributed by atoms with E-state index in [9.17, 15) is 0 Å². The molecule has 0 aliphatic heterocycles. The van der Waals surface area contributed by atoms with Gasteiger partial charge in [-0.1, -0.05) is 91.0 Å². The first kappa shape index (κ1) is 24.6. The number of para-hydroxylation sites is 2. The summed E-state index contributed by atoms with van der Waals surface area (Å²) in [6.45, 7) is 0. The Morgan fingerprint density at radius 3 is 2.00 bits per heavy atom. The molecular weight excluding hydrogens is 571 g/mol. The third-order valence-electron chi connectivity index (χ3n) is 8.87. The zero-order valence-corrected chi connectivity index (χ0v) is 24.7. The maximum Gasteiger partial charge on any atom is 0.236 e. The molecule has 0 atom stereocenters. The van der Waals surface area contributed by atoms with E-state index in [0.29, 0.717) is 5.95 Å². The van der Waals surface area contributed by atoms with Crippen molar-refractivity contribution in [1.29, 1.82) is 0 Å². The van der Waals surface area contributed by atoms with Crippen LogP contribution in [0.15, 0.2) is 140 Å². The Labute approximate surface area is 261 Å². The van der Waals surface area contributed by atoms with E-state index < -0.39 is 0 Å². The van der Waals surface area contributed by atoms with Gasteiger partial charge in [0.25, 0.3) is 0 Å². The smallest absolute Gasteiger partial charge is 0.236 e. The molecule has 0 N–H and O–H groups in total. The van der Waals surface area contributed by atoms with E-state index in [1.807, 2.05) is 12.4 Å². The van der Waals surface area contributed by atoms with Crippen LogP contribution in [-0.4, -0.2) is 24.1 Å². The van der Waals surface area contributed by atoms with Gasteiger partial charge in [0.2, 0.25) is 5.95 Å². The Morgan fingerprint density at radius 1 is 0.489 bits per heavy atom. The van der Waals surface area contributed by atoms with E-state index in [2.05, 4.69) is 142 Å². The van der Waals surface area contributed by atoms with Crippen LogP contribution in [0.4, 0.5) is 0 Å². The normalized spacial score (nSPS) is 12.0. The molecule has 45 heavy (non-hydrogen) atoms. The lowest BCUT2D eigenvalue weighted by atomic mass is 10.1. The minimum absolute atomic E-state index is 0.671. The molecule has 0 saturated heterocycles. The lowest BCUT2D eigenvalue weighted by Gasteiger charge is -2.11. The fourth-order valence-corrected chi connectivity index (χ4v) is 8.07. The van der Waals surface area contributed by atoms with E-state index >= 15 is 0 Å². The molecule has 0 radical (unpaired) electrons. The molecule has 5 nitrogen and oxygen atoms in total. The Balaban J connectivity index is 1.38. The molecule has 5 aromatic heterocycles. The summed E-state index contributed by atoms with van der Waals surface area (Å²) in [7, 11) is 0. The first-order chi connectivity index (χ1) is 22.3. The highest BCUT2D eigenvalue weighted by Gasteiger charge is 2.23. The predicted octanol–water partition coefficient (Wildman–Crippen LogP) is 10.1. The number of nitrogens with zero attached hydrogens (tertiary/aromatic N) is 5. The van der Waals surface area contributed by atoms with Crippen molar-refractivity contribution in [2.45, 2.75) is 0 Å². The fourth-order valence-electron chi connectivity index (χ4n) is 7.00. The predicted molar refractivity (Wildman–Crippen MR) is 187 cm³/mol. The monoisotopic (exact) mass is 593 g/mol. The van der Waals surface area contributed by atoms with E-state index in [4.69, 9.17) is 9.97 Å². The number of aromatic nitrogens is 5. The molecule has 0 amide bonds. The number of pyridine rings is 1. The van der Waals surface area contributed by atoms with Gasteiger partial charge < -0.3 is 4.57 Å². The Hall–Kier alpha value is -5.85. The molecule has 210 valence electrons. The van der Waals surface area contributed by atoms with E-state index in [-0.39, 0.29) is 0 Å². The third-order valence-corrected chi connectivity index (χ3v) is 9.93. The summed E-state index contributed by atoms with van der Waals surface area (Å²) < 4.78 is 5.83. The molecule has 0 aliphatic rings. The summed E-state index contributed by atoms with van der Waals surface area (Å²) in [6, 6.07) is 44.9. The van der Waals surface area contributed by atoms with Gasteiger partial charge in [0.05, 0.1) is 27.8 Å². The second-order valence-corrected chi connectivity index (χ2v) is 12.3. The summed E-state index contributed by atoms with van der Waals surface area (Å²) in [4.78, 5) is 16.0. The largest absolute Gasteiger partial charge is 0.308 e. The highest BCUT2D eigenvalue weighted by molar-refractivity contribution is 7.25. The van der Waals surface area contributed by atoms with Crippen molar-refractivity contribution in [3.63, 3.8) is 0 Å². The lowest BCUT2D eigenvalue weighted by Crippen LogP contribution is -2.02. The zero-order valence-electron chi connectivity index (χ0n) is 23.9. The van der Waals surface area contributed by atoms with Gasteiger partial charge in [0, 0.05) is 60.7 Å². The van der Waals surface area contributed by atoms with Gasteiger partial charge in [-0.25, -0.2) is 9.97 Å². The van der Waals surface area contributed by atoms with E-state index in [1.54, 1.807) is 11.3 Å². The van der Waals surface area contributed by atoms with Crippen LogP contribution in [-0.2, 0) is 0 Å². The Morgan fingerprint density at radius 2 is 1.18 bits per heavy atom. The summed E-state index contributed by atoms with van der Waals surface area (Å²) in [5.74, 6) is 0.671. The molecule has 0 fully saturated rings. The minimum Gasteiger partial charge on any atom is -0.308 e. The topological polar surface area (TPSA) is 48.5 Å². The van der Waals surface area contributed by atoms with Crippen molar-refractivity contribution in [2.24, 2.45) is 0 Å². The molecule has 5 aromatic carbocycles. The standard InChI is InChI=1S/C39H23N5S/c1-2-10-24(11-3-1)36-35-29-14-6-9-17-33(29)45-38(35)42-39(41-36)44-31-16-8-5-13-28(31)34-32(44)19-18-27-26-12-4-7-15-30(26)43(37(27)34)25-20-22-40-23-21-25/h1-23H. The van der Waals surface area contributed by atoms with Crippen LogP contribution in [0.25, 0.3) is 86.8 Å². The maximum absolute atomic E-state index is 5.38. The molecule has 0 spiro atoms. The summed E-state index contributed by atoms with van der Waals surface area (Å²) >= 11 is 1.72. The number of thiophene rings is 1. The number of rotatable bonds is 3. The average Bonchev–Trinajstić information content (AvgIpc) is 3.76. The summed E-state index contributed by atoms with van der Waals surface area (Å²) in [6.07, 6.45) is 3.72. The van der Waals surface area contributed by atoms with Gasteiger partial charge in [-0.3, -0.25) is 9.55 Å². The zero-order chi connectivity index (χ0) is 29.5. The second-order valence-electron chi connectivity index (χ2n) is 11.3. The molecule has 10 rings (SSSR count). The van der Waals surface area contributed by atoms with Crippen molar-refractivity contribution in [3.8, 4) is 22.9 Å². The van der Waals surface area contributed by atoms with Gasteiger partial charge in [-0.05, 0) is 36.4 Å². The first-order valence-electron chi connectivity index (χ1n) is 15.0. The number of hydrogen-bond acceptors (Lipinski definition) is 4. The van der Waals surface area contributed by atoms with Crippen LogP contribution in [0, 0.1) is 0 Å². The maximum atomic E-state index is 5.38. The lowest BCUT2D eigenvalue weighted by molar-refractivity contribution is 1.02. The number of hydrogen-bond donors (Lipinski definition) is 0. The SMILES string of the molecule is c1ccc(-c2nc(-n3c4ccccc4c4c3ccc3c5ccccc5n(-c5ccncc5)c34)nc3sc4ccccc4c23)cc1. The van der Waals surface area contributed by atoms with Crippen LogP contribution in [0.3, 0.4) is 0 Å². The number of benzene rings is 5. The van der Waals surface area contributed by atoms with Gasteiger partial charge in [0.1, 0.15) is 4.83 Å². The molecule has 10 aromatic rings. The van der Waals surface area contributed by atoms with Crippen LogP contribution in [0.2, 0.25) is 0 Å². The molecule has 0 saturated carbocycles. The van der Waals surface area contributed by atoms with Crippen molar-refractivity contribution < 1.29 is 0 Å². The van der Waals surface area contributed by atoms with Gasteiger partial charge >= 0.3 is 0 Å². The van der Waals surface area contributed by atoms with Gasteiger partial charge in [-0.2, -0.15) is 0 Å². The summed E-state index contributed by atoms with van der Waals surface area (Å²) in [5, 5.41) is 7.07. The Kier molecular flexibility index (Phi) is 5.09. The third kappa shape index (κ3) is 3.45. The van der Waals surface area contributed by atoms with Crippen LogP contribution in [0.1, 0.15) is 0 Å². The van der Waals surface area contributed by atoms with Crippen molar-refractivity contribution >= 4 is 75.3 Å². The molecular formula is C39H23N5S. The van der Waals surface area contributed by atoms with Gasteiger partial charge in [-0.15, -0.1) is 11.3 Å². The minimum atomic E-state index is 0.671. The molecule has 6 heteroatoms. The van der Waals surface area contributed by atoms with E-state index in [1.165, 1.54) is 31.8 Å². The molecule has 5 heterocycles. The summed E-state index contributed by atoms with van der Waals surface area (Å²) in [5.41, 5.74) is 7.59.